The zero-order valence-electron chi connectivity index (χ0n) is 11.6. The summed E-state index contributed by atoms with van der Waals surface area (Å²) in [7, 11) is -3.52. The molecule has 2 rings (SSSR count). The Bertz CT molecular complexity index is 530. The summed E-state index contributed by atoms with van der Waals surface area (Å²) >= 11 is 0. The molecule has 1 aromatic rings. The molecule has 1 aromatic heterocycles. The van der Waals surface area contributed by atoms with Crippen LogP contribution in [0.2, 0.25) is 0 Å². The number of sulfonamides is 1. The maximum absolute atomic E-state index is 12.3. The lowest BCUT2D eigenvalue weighted by Crippen LogP contribution is -2.49. The summed E-state index contributed by atoms with van der Waals surface area (Å²) in [6.07, 6.45) is 4.33. The average molecular weight is 287 g/mol. The Labute approximate surface area is 114 Å². The second kappa shape index (κ2) is 5.22. The van der Waals surface area contributed by atoms with Gasteiger partial charge in [-0.2, -0.15) is 5.10 Å². The molecular formula is C12H21N3O3S. The van der Waals surface area contributed by atoms with Gasteiger partial charge >= 0.3 is 0 Å². The molecule has 1 saturated heterocycles. The molecule has 19 heavy (non-hydrogen) atoms. The monoisotopic (exact) mass is 287 g/mol. The minimum atomic E-state index is -3.52. The first-order chi connectivity index (χ1) is 8.82. The Balaban J connectivity index is 2.17. The number of hydrogen-bond donors (Lipinski definition) is 1. The SMILES string of the molecule is CC(C)n1cc(S(=O)(=O)NC2(C)CCOCC2)cn1. The van der Waals surface area contributed by atoms with Crippen LogP contribution in [-0.2, 0) is 14.8 Å². The molecule has 1 aliphatic heterocycles. The van der Waals surface area contributed by atoms with Gasteiger partial charge in [-0.1, -0.05) is 0 Å². The van der Waals surface area contributed by atoms with Crippen molar-refractivity contribution in [3.8, 4) is 0 Å². The van der Waals surface area contributed by atoms with Crippen LogP contribution in [0.3, 0.4) is 0 Å². The van der Waals surface area contributed by atoms with E-state index in [1.54, 1.807) is 10.9 Å². The second-order valence-corrected chi connectivity index (χ2v) is 7.21. The van der Waals surface area contributed by atoms with Crippen LogP contribution in [0, 0.1) is 0 Å². The number of aromatic nitrogens is 2. The topological polar surface area (TPSA) is 73.2 Å². The molecular weight excluding hydrogens is 266 g/mol. The highest BCUT2D eigenvalue weighted by atomic mass is 32.2. The van der Waals surface area contributed by atoms with E-state index in [-0.39, 0.29) is 10.9 Å². The van der Waals surface area contributed by atoms with E-state index in [0.717, 1.165) is 0 Å². The van der Waals surface area contributed by atoms with E-state index in [9.17, 15) is 8.42 Å². The second-order valence-electron chi connectivity index (χ2n) is 5.53. The number of hydrogen-bond acceptors (Lipinski definition) is 4. The van der Waals surface area contributed by atoms with E-state index in [1.165, 1.54) is 6.20 Å². The number of nitrogens with zero attached hydrogens (tertiary/aromatic N) is 2. The molecule has 2 heterocycles. The standard InChI is InChI=1S/C12H21N3O3S/c1-10(2)15-9-11(8-13-15)19(16,17)14-12(3)4-6-18-7-5-12/h8-10,14H,4-7H2,1-3H3. The number of rotatable bonds is 4. The predicted molar refractivity (Wildman–Crippen MR) is 71.4 cm³/mol. The number of nitrogens with one attached hydrogen (secondary N) is 1. The molecule has 0 unspecified atom stereocenters. The first kappa shape index (κ1) is 14.5. The van der Waals surface area contributed by atoms with Gasteiger partial charge in [-0.05, 0) is 33.6 Å². The highest BCUT2D eigenvalue weighted by Crippen LogP contribution is 2.23. The van der Waals surface area contributed by atoms with Crippen molar-refractivity contribution in [1.82, 2.24) is 14.5 Å². The van der Waals surface area contributed by atoms with Gasteiger partial charge in [0.2, 0.25) is 10.0 Å². The van der Waals surface area contributed by atoms with Crippen LogP contribution in [-0.4, -0.2) is 37.0 Å². The Morgan fingerprint density at radius 2 is 2.05 bits per heavy atom. The maximum Gasteiger partial charge on any atom is 0.244 e. The van der Waals surface area contributed by atoms with Gasteiger partial charge < -0.3 is 4.74 Å². The number of ether oxygens (including phenoxy) is 1. The summed E-state index contributed by atoms with van der Waals surface area (Å²) in [6.45, 7) is 7.00. The molecule has 7 heteroatoms. The molecule has 0 saturated carbocycles. The van der Waals surface area contributed by atoms with Gasteiger partial charge in [-0.3, -0.25) is 4.68 Å². The van der Waals surface area contributed by atoms with Crippen molar-refractivity contribution in [1.29, 1.82) is 0 Å². The van der Waals surface area contributed by atoms with E-state index in [1.807, 2.05) is 20.8 Å². The fourth-order valence-corrected chi connectivity index (χ4v) is 3.45. The minimum Gasteiger partial charge on any atom is -0.381 e. The van der Waals surface area contributed by atoms with Gasteiger partial charge in [0.15, 0.2) is 0 Å². The molecule has 1 fully saturated rings. The summed E-state index contributed by atoms with van der Waals surface area (Å²) in [4.78, 5) is 0.217. The van der Waals surface area contributed by atoms with Gasteiger partial charge in [0.25, 0.3) is 0 Å². The van der Waals surface area contributed by atoms with Crippen LogP contribution in [0.15, 0.2) is 17.3 Å². The summed E-state index contributed by atoms with van der Waals surface area (Å²) in [5.74, 6) is 0. The van der Waals surface area contributed by atoms with Crippen molar-refractivity contribution in [2.24, 2.45) is 0 Å². The minimum absolute atomic E-state index is 0.141. The zero-order chi connectivity index (χ0) is 14.1. The Morgan fingerprint density at radius 1 is 1.42 bits per heavy atom. The van der Waals surface area contributed by atoms with Crippen molar-refractivity contribution in [2.75, 3.05) is 13.2 Å². The molecule has 0 aromatic carbocycles. The average Bonchev–Trinajstić information content (AvgIpc) is 2.78. The van der Waals surface area contributed by atoms with Crippen LogP contribution >= 0.6 is 0 Å². The smallest absolute Gasteiger partial charge is 0.244 e. The Hall–Kier alpha value is -0.920. The molecule has 0 radical (unpaired) electrons. The van der Waals surface area contributed by atoms with Gasteiger partial charge in [0, 0.05) is 31.0 Å². The van der Waals surface area contributed by atoms with E-state index in [2.05, 4.69) is 9.82 Å². The lowest BCUT2D eigenvalue weighted by Gasteiger charge is -2.33. The van der Waals surface area contributed by atoms with Crippen LogP contribution in [0.4, 0.5) is 0 Å². The normalized spacial score (nSPS) is 19.8. The molecule has 108 valence electrons. The van der Waals surface area contributed by atoms with Crippen molar-refractivity contribution in [3.63, 3.8) is 0 Å². The predicted octanol–water partition coefficient (Wildman–Crippen LogP) is 1.31. The van der Waals surface area contributed by atoms with Crippen LogP contribution < -0.4 is 4.72 Å². The van der Waals surface area contributed by atoms with E-state index >= 15 is 0 Å². The van der Waals surface area contributed by atoms with Crippen molar-refractivity contribution < 1.29 is 13.2 Å². The van der Waals surface area contributed by atoms with E-state index < -0.39 is 15.6 Å². The van der Waals surface area contributed by atoms with Crippen LogP contribution in [0.1, 0.15) is 39.7 Å². The van der Waals surface area contributed by atoms with Crippen molar-refractivity contribution in [3.05, 3.63) is 12.4 Å². The van der Waals surface area contributed by atoms with Crippen LogP contribution in [0.5, 0.6) is 0 Å². The highest BCUT2D eigenvalue weighted by molar-refractivity contribution is 7.89. The van der Waals surface area contributed by atoms with Gasteiger partial charge in [0.05, 0.1) is 6.20 Å². The largest absolute Gasteiger partial charge is 0.381 e. The summed E-state index contributed by atoms with van der Waals surface area (Å²) in [5.41, 5.74) is -0.434. The lowest BCUT2D eigenvalue weighted by molar-refractivity contribution is 0.0537. The molecule has 0 spiro atoms. The van der Waals surface area contributed by atoms with E-state index in [4.69, 9.17) is 4.74 Å². The molecule has 0 aliphatic carbocycles. The zero-order valence-corrected chi connectivity index (χ0v) is 12.4. The summed E-state index contributed by atoms with van der Waals surface area (Å²) < 4.78 is 34.4. The van der Waals surface area contributed by atoms with E-state index in [0.29, 0.717) is 26.1 Å². The molecule has 1 aliphatic rings. The van der Waals surface area contributed by atoms with Crippen molar-refractivity contribution in [2.45, 2.75) is 50.1 Å². The Morgan fingerprint density at radius 3 is 2.58 bits per heavy atom. The Kier molecular flexibility index (Phi) is 3.98. The summed E-state index contributed by atoms with van der Waals surface area (Å²) in [6, 6.07) is 0.141. The first-order valence-corrected chi connectivity index (χ1v) is 7.97. The quantitative estimate of drug-likeness (QED) is 0.906. The van der Waals surface area contributed by atoms with Gasteiger partial charge in [-0.15, -0.1) is 0 Å². The molecule has 0 atom stereocenters. The molecule has 1 N–H and O–H groups in total. The maximum atomic E-state index is 12.3. The fourth-order valence-electron chi connectivity index (χ4n) is 2.05. The highest BCUT2D eigenvalue weighted by Gasteiger charge is 2.33. The lowest BCUT2D eigenvalue weighted by atomic mass is 9.94. The third-order valence-electron chi connectivity index (χ3n) is 3.39. The third kappa shape index (κ3) is 3.34. The summed E-state index contributed by atoms with van der Waals surface area (Å²) in [5, 5.41) is 4.07. The third-order valence-corrected chi connectivity index (χ3v) is 4.99. The van der Waals surface area contributed by atoms with Gasteiger partial charge in [0.1, 0.15) is 4.90 Å². The van der Waals surface area contributed by atoms with Crippen molar-refractivity contribution >= 4 is 10.0 Å². The van der Waals surface area contributed by atoms with Crippen LogP contribution in [0.25, 0.3) is 0 Å². The van der Waals surface area contributed by atoms with Gasteiger partial charge in [-0.25, -0.2) is 13.1 Å². The molecule has 6 nitrogen and oxygen atoms in total. The molecule has 0 bridgehead atoms. The molecule has 0 amide bonds. The fraction of sp³-hybridized carbons (Fsp3) is 0.750. The first-order valence-electron chi connectivity index (χ1n) is 6.48.